The van der Waals surface area contributed by atoms with E-state index in [0.29, 0.717) is 10.6 Å². The number of hydrogen-bond donors (Lipinski definition) is 2. The largest absolute Gasteiger partial charge is 0.335 e. The van der Waals surface area contributed by atoms with Gasteiger partial charge in [0.1, 0.15) is 0 Å². The van der Waals surface area contributed by atoms with Gasteiger partial charge in [-0.05, 0) is 30.6 Å². The zero-order chi connectivity index (χ0) is 10.8. The summed E-state index contributed by atoms with van der Waals surface area (Å²) in [6.07, 6.45) is 2.04. The first kappa shape index (κ1) is 10.3. The molecule has 2 aromatic rings. The number of nitrogens with zero attached hydrogens (tertiary/aromatic N) is 2. The minimum atomic E-state index is 0.416. The Kier molecular flexibility index (Phi) is 2.79. The number of rotatable bonds is 2. The summed E-state index contributed by atoms with van der Waals surface area (Å²) in [6, 6.07) is 8.00. The van der Waals surface area contributed by atoms with Crippen molar-refractivity contribution < 1.29 is 0 Å². The van der Waals surface area contributed by atoms with Gasteiger partial charge in [0.2, 0.25) is 4.77 Å². The van der Waals surface area contributed by atoms with Crippen molar-refractivity contribution in [2.45, 2.75) is 4.90 Å². The zero-order valence-corrected chi connectivity index (χ0v) is 9.73. The third kappa shape index (κ3) is 1.91. The molecule has 0 fully saturated rings. The van der Waals surface area contributed by atoms with Gasteiger partial charge in [-0.1, -0.05) is 12.1 Å². The molecule has 78 valence electrons. The molecule has 6 heteroatoms. The first-order valence-corrected chi connectivity index (χ1v) is 5.92. The van der Waals surface area contributed by atoms with Crippen molar-refractivity contribution in [3.05, 3.63) is 29.0 Å². The molecule has 0 aliphatic heterocycles. The van der Waals surface area contributed by atoms with Gasteiger partial charge in [-0.25, -0.2) is 9.77 Å². The van der Waals surface area contributed by atoms with Gasteiger partial charge < -0.3 is 5.84 Å². The molecule has 0 saturated heterocycles. The summed E-state index contributed by atoms with van der Waals surface area (Å²) in [5.41, 5.74) is 0.947. The monoisotopic (exact) mass is 238 g/mol. The van der Waals surface area contributed by atoms with Crippen LogP contribution < -0.4 is 5.84 Å². The van der Waals surface area contributed by atoms with Crippen LogP contribution in [0.5, 0.6) is 0 Å². The van der Waals surface area contributed by atoms with E-state index in [2.05, 4.69) is 10.2 Å². The topological polar surface area (TPSA) is 59.6 Å². The smallest absolute Gasteiger partial charge is 0.214 e. The number of hydrogen-bond acceptors (Lipinski definition) is 4. The predicted molar refractivity (Wildman–Crippen MR) is 64.8 cm³/mol. The summed E-state index contributed by atoms with van der Waals surface area (Å²) in [5, 5.41) is 6.70. The Balaban J connectivity index is 2.46. The lowest BCUT2D eigenvalue weighted by molar-refractivity contribution is 0.984. The number of thioether (sulfide) groups is 1. The van der Waals surface area contributed by atoms with Crippen LogP contribution in [0, 0.1) is 4.77 Å². The van der Waals surface area contributed by atoms with E-state index in [1.807, 2.05) is 30.5 Å². The van der Waals surface area contributed by atoms with E-state index < -0.39 is 0 Å². The minimum absolute atomic E-state index is 0.416. The molecule has 4 nitrogen and oxygen atoms in total. The van der Waals surface area contributed by atoms with Crippen molar-refractivity contribution in [2.24, 2.45) is 0 Å². The van der Waals surface area contributed by atoms with Gasteiger partial charge >= 0.3 is 0 Å². The van der Waals surface area contributed by atoms with Crippen molar-refractivity contribution in [1.82, 2.24) is 14.9 Å². The molecule has 0 aliphatic rings. The quantitative estimate of drug-likeness (QED) is 0.477. The standard InChI is InChI=1S/C9H10N4S2/c1-15-7-4-2-6(3-5-7)8-11-12-9(14)13(8)10/h2-5H,10H2,1H3,(H,12,14). The van der Waals surface area contributed by atoms with Crippen molar-refractivity contribution in [1.29, 1.82) is 0 Å². The summed E-state index contributed by atoms with van der Waals surface area (Å²) >= 11 is 6.63. The summed E-state index contributed by atoms with van der Waals surface area (Å²) < 4.78 is 1.78. The van der Waals surface area contributed by atoms with Gasteiger partial charge in [-0.2, -0.15) is 5.10 Å². The van der Waals surface area contributed by atoms with Gasteiger partial charge in [-0.3, -0.25) is 0 Å². The van der Waals surface area contributed by atoms with Crippen LogP contribution in [0.25, 0.3) is 11.4 Å². The molecule has 0 saturated carbocycles. The van der Waals surface area contributed by atoms with Crippen LogP contribution in [0.3, 0.4) is 0 Å². The van der Waals surface area contributed by atoms with Gasteiger partial charge in [0.25, 0.3) is 0 Å². The molecular weight excluding hydrogens is 228 g/mol. The van der Waals surface area contributed by atoms with Crippen LogP contribution in [0.4, 0.5) is 0 Å². The number of nitrogen functional groups attached to an aromatic ring is 1. The van der Waals surface area contributed by atoms with Crippen molar-refractivity contribution in [3.8, 4) is 11.4 Å². The SMILES string of the molecule is CSc1ccc(-c2n[nH]c(=S)n2N)cc1. The molecule has 0 aliphatic carbocycles. The van der Waals surface area contributed by atoms with E-state index in [1.165, 1.54) is 9.57 Å². The Morgan fingerprint density at radius 1 is 1.40 bits per heavy atom. The number of H-pyrrole nitrogens is 1. The maximum absolute atomic E-state index is 5.72. The van der Waals surface area contributed by atoms with Crippen LogP contribution in [-0.4, -0.2) is 21.1 Å². The van der Waals surface area contributed by atoms with E-state index >= 15 is 0 Å². The van der Waals surface area contributed by atoms with Crippen LogP contribution in [0.2, 0.25) is 0 Å². The van der Waals surface area contributed by atoms with Gasteiger partial charge in [-0.15, -0.1) is 11.8 Å². The molecule has 0 radical (unpaired) electrons. The van der Waals surface area contributed by atoms with Crippen LogP contribution in [-0.2, 0) is 0 Å². The fourth-order valence-electron chi connectivity index (χ4n) is 1.25. The number of benzene rings is 1. The molecule has 0 amide bonds. The molecule has 1 aromatic heterocycles. The van der Waals surface area contributed by atoms with Crippen LogP contribution in [0.1, 0.15) is 0 Å². The van der Waals surface area contributed by atoms with E-state index in [9.17, 15) is 0 Å². The first-order chi connectivity index (χ1) is 7.22. The Morgan fingerprint density at radius 3 is 2.53 bits per heavy atom. The molecule has 0 spiro atoms. The highest BCUT2D eigenvalue weighted by atomic mass is 32.2. The van der Waals surface area contributed by atoms with Crippen molar-refractivity contribution >= 4 is 24.0 Å². The van der Waals surface area contributed by atoms with Crippen molar-refractivity contribution in [2.75, 3.05) is 12.1 Å². The Hall–Kier alpha value is -1.27. The summed E-state index contributed by atoms with van der Waals surface area (Å²) in [4.78, 5) is 1.21. The lowest BCUT2D eigenvalue weighted by Gasteiger charge is -2.01. The normalized spacial score (nSPS) is 10.5. The molecule has 3 N–H and O–H groups in total. The molecule has 0 bridgehead atoms. The van der Waals surface area contributed by atoms with E-state index in [0.717, 1.165) is 5.56 Å². The van der Waals surface area contributed by atoms with Gasteiger partial charge in [0.15, 0.2) is 5.82 Å². The Bertz CT molecular complexity index is 512. The second-order valence-electron chi connectivity index (χ2n) is 2.95. The lowest BCUT2D eigenvalue weighted by atomic mass is 10.2. The lowest BCUT2D eigenvalue weighted by Crippen LogP contribution is -2.09. The third-order valence-corrected chi connectivity index (χ3v) is 3.08. The molecule has 1 heterocycles. The molecular formula is C9H10N4S2. The third-order valence-electron chi connectivity index (χ3n) is 2.05. The molecule has 1 aromatic carbocycles. The van der Waals surface area contributed by atoms with Crippen LogP contribution in [0.15, 0.2) is 29.2 Å². The number of nitrogens with two attached hydrogens (primary N) is 1. The average Bonchev–Trinajstić information content (AvgIpc) is 2.60. The van der Waals surface area contributed by atoms with E-state index in [-0.39, 0.29) is 0 Å². The van der Waals surface area contributed by atoms with E-state index in [1.54, 1.807) is 11.8 Å². The van der Waals surface area contributed by atoms with Crippen molar-refractivity contribution in [3.63, 3.8) is 0 Å². The Labute approximate surface area is 96.5 Å². The second kappa shape index (κ2) is 4.08. The number of aromatic amines is 1. The fourth-order valence-corrected chi connectivity index (χ4v) is 1.79. The highest BCUT2D eigenvalue weighted by Crippen LogP contribution is 2.20. The zero-order valence-electron chi connectivity index (χ0n) is 8.10. The predicted octanol–water partition coefficient (Wildman–Crippen LogP) is 2.04. The number of nitrogens with one attached hydrogen (secondary N) is 1. The highest BCUT2D eigenvalue weighted by molar-refractivity contribution is 7.98. The Morgan fingerprint density at radius 2 is 2.07 bits per heavy atom. The molecule has 15 heavy (non-hydrogen) atoms. The summed E-state index contributed by atoms with van der Waals surface area (Å²) in [7, 11) is 0. The molecule has 0 atom stereocenters. The molecule has 0 unspecified atom stereocenters. The molecule has 2 rings (SSSR count). The number of aromatic nitrogens is 3. The summed E-state index contributed by atoms with van der Waals surface area (Å²) in [6.45, 7) is 0. The maximum atomic E-state index is 5.72. The first-order valence-electron chi connectivity index (χ1n) is 4.29. The average molecular weight is 238 g/mol. The minimum Gasteiger partial charge on any atom is -0.335 e. The van der Waals surface area contributed by atoms with E-state index in [4.69, 9.17) is 18.1 Å². The van der Waals surface area contributed by atoms with Crippen LogP contribution >= 0.6 is 24.0 Å². The fraction of sp³-hybridized carbons (Fsp3) is 0.111. The van der Waals surface area contributed by atoms with Gasteiger partial charge in [0, 0.05) is 10.5 Å². The highest BCUT2D eigenvalue weighted by Gasteiger charge is 2.05. The second-order valence-corrected chi connectivity index (χ2v) is 4.22. The maximum Gasteiger partial charge on any atom is 0.214 e. The van der Waals surface area contributed by atoms with Gasteiger partial charge in [0.05, 0.1) is 0 Å². The summed E-state index contributed by atoms with van der Waals surface area (Å²) in [5.74, 6) is 6.36.